The lowest BCUT2D eigenvalue weighted by atomic mass is 10.0. The number of nitrogens with zero attached hydrogens (tertiary/aromatic N) is 3. The van der Waals surface area contributed by atoms with Crippen molar-refractivity contribution < 1.29 is 97.2 Å². The molecule has 1 aromatic heterocycles. The molecule has 0 saturated heterocycles. The highest BCUT2D eigenvalue weighted by molar-refractivity contribution is 7.13. The Labute approximate surface area is 496 Å². The molecule has 0 unspecified atom stereocenters. The molecule has 3 aromatic rings. The molecule has 2 aromatic carbocycles. The van der Waals surface area contributed by atoms with Gasteiger partial charge < -0.3 is 73.0 Å². The molecular weight excluding hydrogens is 1160 g/mol. The van der Waals surface area contributed by atoms with Crippen molar-refractivity contribution in [2.24, 2.45) is 10.7 Å². The van der Waals surface area contributed by atoms with Crippen LogP contribution in [0.2, 0.25) is 0 Å². The van der Waals surface area contributed by atoms with Crippen molar-refractivity contribution in [1.29, 1.82) is 0 Å². The van der Waals surface area contributed by atoms with Gasteiger partial charge in [0.15, 0.2) is 11.6 Å². The van der Waals surface area contributed by atoms with Gasteiger partial charge in [0.1, 0.15) is 5.84 Å². The van der Waals surface area contributed by atoms with Gasteiger partial charge in [0.2, 0.25) is 23.3 Å². The Kier molecular flexibility index (Phi) is 35.6. The number of ether oxygens (including phenoxy) is 11. The van der Waals surface area contributed by atoms with Crippen molar-refractivity contribution in [2.75, 3.05) is 159 Å². The maximum absolute atomic E-state index is 14.2. The van der Waals surface area contributed by atoms with Gasteiger partial charge in [-0.05, 0) is 69.1 Å². The number of esters is 1. The highest BCUT2D eigenvalue weighted by atomic mass is 32.1. The van der Waals surface area contributed by atoms with Crippen LogP contribution in [0.3, 0.4) is 0 Å². The summed E-state index contributed by atoms with van der Waals surface area (Å²) in [5.41, 5.74) is 7.15. The van der Waals surface area contributed by atoms with Gasteiger partial charge in [-0.2, -0.15) is 22.0 Å². The van der Waals surface area contributed by atoms with Crippen molar-refractivity contribution in [1.82, 2.24) is 15.1 Å². The number of hydrogen-bond donors (Lipinski definition) is 2. The summed E-state index contributed by atoms with van der Waals surface area (Å²) in [5, 5.41) is 2.93. The number of amidine groups is 1. The third-order valence-corrected chi connectivity index (χ3v) is 13.2. The van der Waals surface area contributed by atoms with E-state index in [1.165, 1.54) is 28.4 Å². The lowest BCUT2D eigenvalue weighted by molar-refractivity contribution is -0.139. The van der Waals surface area contributed by atoms with Crippen LogP contribution in [0.4, 0.5) is 36.4 Å². The minimum atomic E-state index is -4.58. The Bertz CT molecular complexity index is 2480. The van der Waals surface area contributed by atoms with Crippen molar-refractivity contribution in [3.63, 3.8) is 0 Å². The fourth-order valence-corrected chi connectivity index (χ4v) is 9.15. The molecular formula is C58H82F7N5O14S. The molecule has 27 heteroatoms. The van der Waals surface area contributed by atoms with Gasteiger partial charge in [-0.3, -0.25) is 14.4 Å². The quantitative estimate of drug-likeness (QED) is 0.0181. The molecule has 1 aliphatic rings. The Morgan fingerprint density at radius 2 is 1.14 bits per heavy atom. The van der Waals surface area contributed by atoms with E-state index in [0.717, 1.165) is 35.4 Å². The number of unbranched alkanes of at least 4 members (excludes halogenated alkanes) is 2. The number of nitrogens with two attached hydrogens (primary N) is 1. The summed E-state index contributed by atoms with van der Waals surface area (Å²) in [6.07, 6.45) is 0.996. The summed E-state index contributed by atoms with van der Waals surface area (Å²) in [6, 6.07) is 6.29. The van der Waals surface area contributed by atoms with Crippen molar-refractivity contribution >= 4 is 46.7 Å². The number of hydrogen-bond acceptors (Lipinski definition) is 18. The molecule has 0 spiro atoms. The second kappa shape index (κ2) is 41.8. The maximum Gasteiger partial charge on any atom is 0.416 e. The molecule has 0 fully saturated rings. The number of fused-ring (bicyclic) bond motifs is 1. The predicted octanol–water partition coefficient (Wildman–Crippen LogP) is 7.98. The van der Waals surface area contributed by atoms with E-state index in [4.69, 9.17) is 53.1 Å². The molecule has 19 nitrogen and oxygen atoms in total. The van der Waals surface area contributed by atoms with Gasteiger partial charge in [-0.15, -0.1) is 11.3 Å². The summed E-state index contributed by atoms with van der Waals surface area (Å²) >= 11 is 1.52. The monoisotopic (exact) mass is 1240 g/mol. The normalized spacial score (nSPS) is 12.6. The lowest BCUT2D eigenvalue weighted by Gasteiger charge is -2.26. The SMILES string of the molecule is CCCN(Cc1ccc(CN(C)C)cc1C(F)(F)F)C(=O)C1=Cc2sc(CCCCCNC(=O)CCOCCOCCOCCOCCOCCOCCOCCOCCOCCOCCC(=O)Oc3c(F)c(F)cc(F)c3F)cc2N=C(N)C1. The Morgan fingerprint density at radius 1 is 0.647 bits per heavy atom. The summed E-state index contributed by atoms with van der Waals surface area (Å²) in [6.45, 7) is 9.31. The minimum Gasteiger partial charge on any atom is -0.420 e. The number of carbonyl (C=O) groups is 3. The average Bonchev–Trinajstić information content (AvgIpc) is 4.04. The topological polar surface area (TPSA) is 210 Å². The van der Waals surface area contributed by atoms with Gasteiger partial charge in [0.25, 0.3) is 5.91 Å². The predicted molar refractivity (Wildman–Crippen MR) is 303 cm³/mol. The van der Waals surface area contributed by atoms with Gasteiger partial charge in [0.05, 0.1) is 155 Å². The van der Waals surface area contributed by atoms with Crippen LogP contribution < -0.4 is 15.8 Å². The van der Waals surface area contributed by atoms with Crippen molar-refractivity contribution in [2.45, 2.75) is 77.6 Å². The second-order valence-corrected chi connectivity index (χ2v) is 20.6. The first-order valence-electron chi connectivity index (χ1n) is 28.3. The number of rotatable bonds is 47. The zero-order valence-electron chi connectivity index (χ0n) is 48.8. The molecule has 2 amide bonds. The highest BCUT2D eigenvalue weighted by Gasteiger charge is 2.35. The molecule has 1 aliphatic heterocycles. The van der Waals surface area contributed by atoms with Crippen LogP contribution in [0, 0.1) is 23.3 Å². The second-order valence-electron chi connectivity index (χ2n) is 19.4. The molecule has 0 atom stereocenters. The Balaban J connectivity index is 0.876. The zero-order chi connectivity index (χ0) is 61.7. The minimum absolute atomic E-state index is 0.0112. The first-order chi connectivity index (χ1) is 41.0. The molecule has 0 bridgehead atoms. The zero-order valence-corrected chi connectivity index (χ0v) is 49.6. The average molecular weight is 1240 g/mol. The van der Waals surface area contributed by atoms with E-state index in [9.17, 15) is 45.1 Å². The van der Waals surface area contributed by atoms with Crippen LogP contribution in [0.25, 0.3) is 6.08 Å². The molecule has 3 N–H and O–H groups in total. The third kappa shape index (κ3) is 29.9. The standard InChI is InChI=1S/C58H82F7N5O14S/c1-4-14-70(41-43-10-9-42(40-69(2)3)35-46(43)58(63,64)65)57(73)44-36-50-49(68-51(66)37-44)38-45(85-50)8-6-5-7-13-67-52(71)11-15-74-17-19-76-21-23-78-25-27-80-29-31-82-33-34-83-32-30-81-28-26-79-24-22-77-20-18-75-16-12-53(72)84-56-54(61)47(59)39-48(60)55(56)62/h9-10,35-36,38-39H,4-8,11-34,37,40-41H2,1-3H3,(H2,66,68)(H,67,71). The van der Waals surface area contributed by atoms with Crippen LogP contribution in [0.5, 0.6) is 5.75 Å². The molecule has 2 heterocycles. The van der Waals surface area contributed by atoms with Crippen LogP contribution in [-0.4, -0.2) is 193 Å². The number of thiophene rings is 1. The van der Waals surface area contributed by atoms with Gasteiger partial charge in [-0.25, -0.2) is 13.8 Å². The summed E-state index contributed by atoms with van der Waals surface area (Å²) in [4.78, 5) is 47.7. The maximum atomic E-state index is 14.2. The fourth-order valence-electron chi connectivity index (χ4n) is 8.04. The third-order valence-electron chi connectivity index (χ3n) is 12.1. The lowest BCUT2D eigenvalue weighted by Crippen LogP contribution is -2.34. The largest absolute Gasteiger partial charge is 0.420 e. The molecule has 0 aliphatic carbocycles. The molecule has 0 saturated carbocycles. The number of aryl methyl sites for hydroxylation is 1. The van der Waals surface area contributed by atoms with Crippen LogP contribution in [-0.2, 0) is 87.4 Å². The van der Waals surface area contributed by atoms with E-state index >= 15 is 0 Å². The number of carbonyl (C=O) groups excluding carboxylic acids is 3. The molecule has 0 radical (unpaired) electrons. The number of alkyl halides is 3. The summed E-state index contributed by atoms with van der Waals surface area (Å²) in [7, 11) is 3.58. The number of halogens is 7. The van der Waals surface area contributed by atoms with Crippen molar-refractivity contribution in [3.05, 3.63) is 85.6 Å². The van der Waals surface area contributed by atoms with E-state index in [0.29, 0.717) is 135 Å². The van der Waals surface area contributed by atoms with Gasteiger partial charge in [0, 0.05) is 55.5 Å². The number of amides is 2. The van der Waals surface area contributed by atoms with Crippen LogP contribution >= 0.6 is 11.3 Å². The molecule has 85 heavy (non-hydrogen) atoms. The summed E-state index contributed by atoms with van der Waals surface area (Å²) in [5.74, 6) is -9.76. The Hall–Kier alpha value is -5.17. The number of nitrogens with one attached hydrogen (secondary N) is 1. The van der Waals surface area contributed by atoms with Gasteiger partial charge >= 0.3 is 12.1 Å². The molecule has 4 rings (SSSR count). The van der Waals surface area contributed by atoms with E-state index in [1.807, 2.05) is 13.0 Å². The number of benzene rings is 2. The number of aliphatic imine (C=N–C) groups is 1. The van der Waals surface area contributed by atoms with Crippen LogP contribution in [0.15, 0.2) is 40.9 Å². The van der Waals surface area contributed by atoms with E-state index in [-0.39, 0.29) is 88.2 Å². The Morgan fingerprint density at radius 3 is 1.62 bits per heavy atom. The van der Waals surface area contributed by atoms with E-state index in [2.05, 4.69) is 15.0 Å². The van der Waals surface area contributed by atoms with E-state index in [1.54, 1.807) is 31.1 Å². The van der Waals surface area contributed by atoms with Crippen LogP contribution in [0.1, 0.15) is 78.3 Å². The smallest absolute Gasteiger partial charge is 0.416 e. The highest BCUT2D eigenvalue weighted by Crippen LogP contribution is 2.37. The van der Waals surface area contributed by atoms with Gasteiger partial charge in [-0.1, -0.05) is 25.5 Å². The summed E-state index contributed by atoms with van der Waals surface area (Å²) < 4.78 is 155. The van der Waals surface area contributed by atoms with Crippen molar-refractivity contribution in [3.8, 4) is 5.75 Å². The first kappa shape index (κ1) is 72.3. The molecule has 478 valence electrons. The van der Waals surface area contributed by atoms with E-state index < -0.39 is 53.1 Å². The first-order valence-corrected chi connectivity index (χ1v) is 29.1. The fraction of sp³-hybridized carbons (Fsp3) is 0.621.